The Kier molecular flexibility index (Phi) is 8.26. The van der Waals surface area contributed by atoms with Crippen LogP contribution in [-0.4, -0.2) is 66.9 Å². The van der Waals surface area contributed by atoms with Crippen LogP contribution in [0.15, 0.2) is 0 Å². The first-order chi connectivity index (χ1) is 10.5. The van der Waals surface area contributed by atoms with E-state index >= 15 is 0 Å². The van der Waals surface area contributed by atoms with Gasteiger partial charge in [0.25, 0.3) is 0 Å². The summed E-state index contributed by atoms with van der Waals surface area (Å²) in [5.74, 6) is 0.496. The molecule has 4 N–H and O–H groups in total. The normalized spacial score (nSPS) is 19.6. The maximum absolute atomic E-state index is 11.7. The van der Waals surface area contributed by atoms with Crippen LogP contribution in [0.3, 0.4) is 0 Å². The number of carbonyl (C=O) groups excluding carboxylic acids is 3. The van der Waals surface area contributed by atoms with Crippen LogP contribution in [-0.2, 0) is 14.4 Å². The molecule has 1 aliphatic heterocycles. The van der Waals surface area contributed by atoms with Gasteiger partial charge in [0.05, 0.1) is 17.5 Å². The van der Waals surface area contributed by atoms with Crippen molar-refractivity contribution in [2.75, 3.05) is 38.2 Å². The molecule has 3 amide bonds. The number of rotatable bonds is 9. The van der Waals surface area contributed by atoms with Gasteiger partial charge in [-0.3, -0.25) is 19.3 Å². The van der Waals surface area contributed by atoms with Crippen molar-refractivity contribution in [2.45, 2.75) is 25.8 Å². The number of likely N-dealkylation sites (tertiary alicyclic amines) is 1. The van der Waals surface area contributed by atoms with Crippen molar-refractivity contribution in [3.8, 4) is 0 Å². The summed E-state index contributed by atoms with van der Waals surface area (Å²) < 4.78 is 0. The van der Waals surface area contributed by atoms with E-state index < -0.39 is 0 Å². The summed E-state index contributed by atoms with van der Waals surface area (Å²) in [5.41, 5.74) is 5.40. The number of carbonyl (C=O) groups is 3. The Hall–Kier alpha value is -1.28. The molecule has 22 heavy (non-hydrogen) atoms. The van der Waals surface area contributed by atoms with E-state index in [9.17, 15) is 14.4 Å². The van der Waals surface area contributed by atoms with Gasteiger partial charge in [0.2, 0.25) is 17.7 Å². The topological polar surface area (TPSA) is 105 Å². The van der Waals surface area contributed by atoms with Gasteiger partial charge >= 0.3 is 0 Å². The van der Waals surface area contributed by atoms with E-state index in [0.717, 1.165) is 19.5 Å². The zero-order chi connectivity index (χ0) is 16.5. The molecular formula is C14H26N4O3S. The van der Waals surface area contributed by atoms with Crippen LogP contribution >= 0.6 is 11.8 Å². The highest BCUT2D eigenvalue weighted by Gasteiger charge is 2.30. The molecule has 0 bridgehead atoms. The number of hydrogen-bond acceptors (Lipinski definition) is 5. The van der Waals surface area contributed by atoms with Crippen LogP contribution in [0.1, 0.15) is 19.8 Å². The molecule has 2 atom stereocenters. The van der Waals surface area contributed by atoms with E-state index in [1.54, 1.807) is 7.05 Å². The van der Waals surface area contributed by atoms with Crippen LogP contribution in [0.4, 0.5) is 0 Å². The standard InChI is InChI=1S/C14H26N4O3S/c1-3-11(14(15)21)18-5-4-10(7-18)6-17-13(20)9-22-8-12(19)16-2/h10-11H,3-9H2,1-2H3,(H2,15,21)(H,16,19)(H,17,20)/t10?,11-/m1/s1. The predicted octanol–water partition coefficient (Wildman–Crippen LogP) is -0.832. The van der Waals surface area contributed by atoms with Gasteiger partial charge in [0.15, 0.2) is 0 Å². The van der Waals surface area contributed by atoms with Crippen molar-refractivity contribution < 1.29 is 14.4 Å². The zero-order valence-electron chi connectivity index (χ0n) is 13.3. The fraction of sp³-hybridized carbons (Fsp3) is 0.786. The van der Waals surface area contributed by atoms with E-state index in [4.69, 9.17) is 5.73 Å². The van der Waals surface area contributed by atoms with Gasteiger partial charge in [0.1, 0.15) is 0 Å². The monoisotopic (exact) mass is 330 g/mol. The molecule has 1 aliphatic rings. The molecule has 0 aromatic heterocycles. The Morgan fingerprint density at radius 3 is 2.59 bits per heavy atom. The summed E-state index contributed by atoms with van der Waals surface area (Å²) in [7, 11) is 1.57. The average Bonchev–Trinajstić information content (AvgIpc) is 2.94. The van der Waals surface area contributed by atoms with Crippen LogP contribution < -0.4 is 16.4 Å². The summed E-state index contributed by atoms with van der Waals surface area (Å²) in [6.45, 7) is 4.18. The Labute approximate surface area is 135 Å². The molecule has 0 radical (unpaired) electrons. The summed E-state index contributed by atoms with van der Waals surface area (Å²) in [5, 5.41) is 5.40. The molecule has 1 saturated heterocycles. The Morgan fingerprint density at radius 2 is 2.00 bits per heavy atom. The molecule has 0 spiro atoms. The molecular weight excluding hydrogens is 304 g/mol. The van der Waals surface area contributed by atoms with Crippen molar-refractivity contribution in [3.63, 3.8) is 0 Å². The molecule has 8 heteroatoms. The summed E-state index contributed by atoms with van der Waals surface area (Å²) >= 11 is 1.29. The Morgan fingerprint density at radius 1 is 1.32 bits per heavy atom. The van der Waals surface area contributed by atoms with E-state index in [-0.39, 0.29) is 35.3 Å². The lowest BCUT2D eigenvalue weighted by atomic mass is 10.1. The van der Waals surface area contributed by atoms with Gasteiger partial charge in [-0.25, -0.2) is 0 Å². The van der Waals surface area contributed by atoms with Crippen molar-refractivity contribution in [1.82, 2.24) is 15.5 Å². The van der Waals surface area contributed by atoms with Gasteiger partial charge in [-0.2, -0.15) is 0 Å². The number of thioether (sulfide) groups is 1. The second-order valence-corrected chi connectivity index (χ2v) is 6.43. The van der Waals surface area contributed by atoms with Crippen molar-refractivity contribution >= 4 is 29.5 Å². The van der Waals surface area contributed by atoms with Crippen LogP contribution in [0.25, 0.3) is 0 Å². The Bertz CT molecular complexity index is 406. The number of hydrogen-bond donors (Lipinski definition) is 3. The lowest BCUT2D eigenvalue weighted by Crippen LogP contribution is -2.43. The molecule has 0 saturated carbocycles. The molecule has 1 heterocycles. The number of nitrogens with two attached hydrogens (primary N) is 1. The lowest BCUT2D eigenvalue weighted by Gasteiger charge is -2.23. The summed E-state index contributed by atoms with van der Waals surface area (Å²) in [4.78, 5) is 36.2. The molecule has 1 unspecified atom stereocenters. The zero-order valence-corrected chi connectivity index (χ0v) is 14.1. The number of nitrogens with zero attached hydrogens (tertiary/aromatic N) is 1. The number of primary amides is 1. The quantitative estimate of drug-likeness (QED) is 0.512. The van der Waals surface area contributed by atoms with Gasteiger partial charge in [-0.1, -0.05) is 6.92 Å². The van der Waals surface area contributed by atoms with E-state index in [0.29, 0.717) is 18.9 Å². The minimum absolute atomic E-state index is 0.0608. The SMILES string of the molecule is CC[C@H](C(N)=O)N1CCC(CNC(=O)CSCC(=O)NC)C1. The Balaban J connectivity index is 2.22. The van der Waals surface area contributed by atoms with Gasteiger partial charge in [-0.15, -0.1) is 11.8 Å². The molecule has 1 rings (SSSR count). The van der Waals surface area contributed by atoms with Crippen molar-refractivity contribution in [2.24, 2.45) is 11.7 Å². The second-order valence-electron chi connectivity index (χ2n) is 5.45. The van der Waals surface area contributed by atoms with Gasteiger partial charge < -0.3 is 16.4 Å². The highest BCUT2D eigenvalue weighted by Crippen LogP contribution is 2.19. The third-order valence-corrected chi connectivity index (χ3v) is 4.74. The molecule has 7 nitrogen and oxygen atoms in total. The minimum Gasteiger partial charge on any atom is -0.368 e. The third-order valence-electron chi connectivity index (χ3n) is 3.81. The van der Waals surface area contributed by atoms with Crippen LogP contribution in [0, 0.1) is 5.92 Å². The fourth-order valence-corrected chi connectivity index (χ4v) is 3.29. The summed E-state index contributed by atoms with van der Waals surface area (Å²) in [6.07, 6.45) is 1.67. The first-order valence-electron chi connectivity index (χ1n) is 7.56. The van der Waals surface area contributed by atoms with E-state index in [1.807, 2.05) is 6.92 Å². The molecule has 0 aromatic rings. The highest BCUT2D eigenvalue weighted by molar-refractivity contribution is 8.00. The van der Waals surface area contributed by atoms with Crippen molar-refractivity contribution in [3.05, 3.63) is 0 Å². The van der Waals surface area contributed by atoms with Gasteiger partial charge in [0, 0.05) is 20.1 Å². The predicted molar refractivity (Wildman–Crippen MR) is 87.4 cm³/mol. The van der Waals surface area contributed by atoms with E-state index in [2.05, 4.69) is 15.5 Å². The number of amides is 3. The number of nitrogens with one attached hydrogen (secondary N) is 2. The smallest absolute Gasteiger partial charge is 0.234 e. The lowest BCUT2D eigenvalue weighted by molar-refractivity contribution is -0.123. The fourth-order valence-electron chi connectivity index (χ4n) is 2.57. The molecule has 0 aliphatic carbocycles. The average molecular weight is 330 g/mol. The van der Waals surface area contributed by atoms with Gasteiger partial charge in [-0.05, 0) is 25.3 Å². The first-order valence-corrected chi connectivity index (χ1v) is 8.71. The maximum atomic E-state index is 11.7. The minimum atomic E-state index is -0.280. The molecule has 0 aromatic carbocycles. The van der Waals surface area contributed by atoms with Crippen LogP contribution in [0.5, 0.6) is 0 Å². The molecule has 1 fully saturated rings. The maximum Gasteiger partial charge on any atom is 0.234 e. The van der Waals surface area contributed by atoms with E-state index in [1.165, 1.54) is 11.8 Å². The molecule has 126 valence electrons. The summed E-state index contributed by atoms with van der Waals surface area (Å²) in [6, 6.07) is -0.205. The highest BCUT2D eigenvalue weighted by atomic mass is 32.2. The first kappa shape index (κ1) is 18.8. The largest absolute Gasteiger partial charge is 0.368 e. The second kappa shape index (κ2) is 9.68. The third kappa shape index (κ3) is 6.23. The van der Waals surface area contributed by atoms with Crippen LogP contribution in [0.2, 0.25) is 0 Å². The van der Waals surface area contributed by atoms with Crippen molar-refractivity contribution in [1.29, 1.82) is 0 Å².